The van der Waals surface area contributed by atoms with Crippen molar-refractivity contribution >= 4 is 9.84 Å². The predicted molar refractivity (Wildman–Crippen MR) is 132 cm³/mol. The monoisotopic (exact) mass is 524 g/mol. The molecule has 0 bridgehead atoms. The maximum atomic E-state index is 12.5. The molecule has 6 nitrogen and oxygen atoms in total. The SMILES string of the molecule is CC(C)n1ccc(-c2cccc(C(F)(F)F)n2)n1.O=S1(=O)CC[C@]2(CCCN(C3C[C@@H]4C[C@@H]4C3)C2)C1. The first-order chi connectivity index (χ1) is 16.9. The number of alkyl halides is 3. The summed E-state index contributed by atoms with van der Waals surface area (Å²) in [6.07, 6.45) is 4.83. The molecule has 2 aromatic heterocycles. The van der Waals surface area contributed by atoms with Crippen LogP contribution in [0.15, 0.2) is 30.5 Å². The normalized spacial score (nSPS) is 31.3. The molecule has 2 saturated heterocycles. The Morgan fingerprint density at radius 1 is 1.06 bits per heavy atom. The van der Waals surface area contributed by atoms with Crippen LogP contribution in [0, 0.1) is 17.3 Å². The quantitative estimate of drug-likeness (QED) is 0.550. The minimum Gasteiger partial charge on any atom is -0.300 e. The molecule has 4 atom stereocenters. The van der Waals surface area contributed by atoms with Crippen molar-refractivity contribution in [1.29, 1.82) is 0 Å². The number of nitrogens with zero attached hydrogens (tertiary/aromatic N) is 4. The lowest BCUT2D eigenvalue weighted by Gasteiger charge is -2.43. The van der Waals surface area contributed by atoms with Gasteiger partial charge in [-0.05, 0) is 94.4 Å². The molecule has 2 aliphatic heterocycles. The molecule has 198 valence electrons. The summed E-state index contributed by atoms with van der Waals surface area (Å²) in [5.74, 6) is 2.97. The van der Waals surface area contributed by atoms with Crippen LogP contribution in [0.2, 0.25) is 0 Å². The van der Waals surface area contributed by atoms with E-state index in [2.05, 4.69) is 15.0 Å². The summed E-state index contributed by atoms with van der Waals surface area (Å²) in [5, 5.41) is 4.19. The van der Waals surface area contributed by atoms with Gasteiger partial charge in [0.2, 0.25) is 0 Å². The van der Waals surface area contributed by atoms with Crippen LogP contribution in [0.3, 0.4) is 0 Å². The smallest absolute Gasteiger partial charge is 0.300 e. The van der Waals surface area contributed by atoms with Gasteiger partial charge in [0.25, 0.3) is 0 Å². The van der Waals surface area contributed by atoms with Crippen molar-refractivity contribution < 1.29 is 21.6 Å². The van der Waals surface area contributed by atoms with Crippen LogP contribution >= 0.6 is 0 Å². The fraction of sp³-hybridized carbons (Fsp3) is 0.692. The topological polar surface area (TPSA) is 68.1 Å². The molecule has 2 aliphatic carbocycles. The number of fused-ring (bicyclic) bond motifs is 1. The van der Waals surface area contributed by atoms with Crippen molar-refractivity contribution in [3.8, 4) is 11.4 Å². The van der Waals surface area contributed by atoms with E-state index < -0.39 is 21.7 Å². The molecule has 6 rings (SSSR count). The van der Waals surface area contributed by atoms with E-state index in [-0.39, 0.29) is 17.2 Å². The largest absolute Gasteiger partial charge is 0.433 e. The van der Waals surface area contributed by atoms with E-state index in [0.717, 1.165) is 43.3 Å². The van der Waals surface area contributed by atoms with Crippen LogP contribution in [0.5, 0.6) is 0 Å². The molecule has 2 saturated carbocycles. The first-order valence-corrected chi connectivity index (χ1v) is 14.8. The van der Waals surface area contributed by atoms with Crippen molar-refractivity contribution in [3.05, 3.63) is 36.2 Å². The zero-order valence-corrected chi connectivity index (χ0v) is 21.7. The van der Waals surface area contributed by atoms with Gasteiger partial charge in [-0.15, -0.1) is 0 Å². The molecule has 1 spiro atoms. The van der Waals surface area contributed by atoms with Crippen molar-refractivity contribution in [2.24, 2.45) is 17.3 Å². The molecule has 10 heteroatoms. The Bertz CT molecular complexity index is 1190. The van der Waals surface area contributed by atoms with Gasteiger partial charge in [-0.25, -0.2) is 13.4 Å². The van der Waals surface area contributed by atoms with E-state index in [1.807, 2.05) is 13.8 Å². The van der Waals surface area contributed by atoms with Gasteiger partial charge in [-0.2, -0.15) is 18.3 Å². The predicted octanol–water partition coefficient (Wildman–Crippen LogP) is 5.23. The van der Waals surface area contributed by atoms with Crippen molar-refractivity contribution in [2.75, 3.05) is 24.6 Å². The fourth-order valence-corrected chi connectivity index (χ4v) is 8.54. The molecule has 2 aromatic rings. The Labute approximate surface area is 211 Å². The Morgan fingerprint density at radius 3 is 2.42 bits per heavy atom. The zero-order chi connectivity index (χ0) is 25.7. The van der Waals surface area contributed by atoms with Gasteiger partial charge < -0.3 is 0 Å². The average molecular weight is 525 g/mol. The molecule has 0 aromatic carbocycles. The second-order valence-electron chi connectivity index (χ2n) is 11.5. The molecule has 36 heavy (non-hydrogen) atoms. The van der Waals surface area contributed by atoms with E-state index in [9.17, 15) is 21.6 Å². The number of likely N-dealkylation sites (tertiary alicyclic amines) is 1. The van der Waals surface area contributed by atoms with E-state index >= 15 is 0 Å². The summed E-state index contributed by atoms with van der Waals surface area (Å²) >= 11 is 0. The van der Waals surface area contributed by atoms with Crippen LogP contribution in [0.25, 0.3) is 11.4 Å². The number of pyridine rings is 1. The highest BCUT2D eigenvalue weighted by atomic mass is 32.2. The van der Waals surface area contributed by atoms with Gasteiger partial charge >= 0.3 is 6.18 Å². The molecule has 0 radical (unpaired) electrons. The van der Waals surface area contributed by atoms with Gasteiger partial charge in [-0.1, -0.05) is 6.07 Å². The van der Waals surface area contributed by atoms with E-state index in [1.165, 1.54) is 44.4 Å². The first kappa shape index (κ1) is 25.7. The van der Waals surface area contributed by atoms with Gasteiger partial charge in [0.15, 0.2) is 9.84 Å². The molecule has 4 heterocycles. The highest BCUT2D eigenvalue weighted by Gasteiger charge is 2.51. The van der Waals surface area contributed by atoms with Crippen LogP contribution in [-0.2, 0) is 16.0 Å². The average Bonchev–Trinajstić information content (AvgIpc) is 3.18. The summed E-state index contributed by atoms with van der Waals surface area (Å²) in [6.45, 7) is 6.16. The molecular formula is C26H35F3N4O2S. The molecule has 0 amide bonds. The lowest BCUT2D eigenvalue weighted by molar-refractivity contribution is -0.141. The number of halogens is 3. The summed E-state index contributed by atoms with van der Waals surface area (Å²) in [4.78, 5) is 6.24. The van der Waals surface area contributed by atoms with Crippen molar-refractivity contribution in [2.45, 2.75) is 70.6 Å². The Kier molecular flexibility index (Phi) is 6.72. The third kappa shape index (κ3) is 5.64. The minimum atomic E-state index is -4.43. The third-order valence-corrected chi connectivity index (χ3v) is 10.2. The van der Waals surface area contributed by atoms with Crippen LogP contribution < -0.4 is 0 Å². The second kappa shape index (κ2) is 9.42. The number of aromatic nitrogens is 3. The highest BCUT2D eigenvalue weighted by Crippen LogP contribution is 2.54. The Balaban J connectivity index is 0.000000148. The van der Waals surface area contributed by atoms with Crippen molar-refractivity contribution in [1.82, 2.24) is 19.7 Å². The van der Waals surface area contributed by atoms with E-state index in [1.54, 1.807) is 16.9 Å². The standard InChI is InChI=1S/C14H23NO2S.C12H12F3N3/c16-18(17)5-3-14(10-18)2-1-4-15(9-14)13-7-11-6-12(11)8-13;1-8(2)18-7-6-10(17-18)9-4-3-5-11(16-9)12(13,14)15/h11-13H,1-10H2;3-8H,1-2H3/t11-,12+,13?,14-;/m0./s1. The minimum absolute atomic E-state index is 0.129. The summed E-state index contributed by atoms with van der Waals surface area (Å²) in [6, 6.07) is 6.39. The number of hydrogen-bond acceptors (Lipinski definition) is 5. The van der Waals surface area contributed by atoms with Crippen LogP contribution in [-0.4, -0.2) is 58.7 Å². The van der Waals surface area contributed by atoms with Crippen LogP contribution in [0.1, 0.15) is 64.1 Å². The maximum absolute atomic E-state index is 12.5. The number of piperidine rings is 1. The zero-order valence-electron chi connectivity index (χ0n) is 20.9. The molecular weight excluding hydrogens is 489 g/mol. The fourth-order valence-electron chi connectivity index (χ4n) is 6.34. The number of sulfone groups is 1. The second-order valence-corrected chi connectivity index (χ2v) is 13.7. The summed E-state index contributed by atoms with van der Waals surface area (Å²) in [7, 11) is -2.73. The number of hydrogen-bond donors (Lipinski definition) is 0. The van der Waals surface area contributed by atoms with Gasteiger partial charge in [0.1, 0.15) is 11.4 Å². The molecule has 0 N–H and O–H groups in total. The summed E-state index contributed by atoms with van der Waals surface area (Å²) in [5.41, 5.74) is -0.109. The van der Waals surface area contributed by atoms with Gasteiger partial charge in [0, 0.05) is 24.8 Å². The highest BCUT2D eigenvalue weighted by molar-refractivity contribution is 7.91. The molecule has 4 fully saturated rings. The Hall–Kier alpha value is -1.94. The van der Waals surface area contributed by atoms with Gasteiger partial charge in [0.05, 0.1) is 17.2 Å². The van der Waals surface area contributed by atoms with E-state index in [4.69, 9.17) is 0 Å². The third-order valence-electron chi connectivity index (χ3n) is 8.33. The lowest BCUT2D eigenvalue weighted by atomic mass is 9.79. The lowest BCUT2D eigenvalue weighted by Crippen LogP contribution is -2.48. The maximum Gasteiger partial charge on any atom is 0.433 e. The van der Waals surface area contributed by atoms with E-state index in [0.29, 0.717) is 17.2 Å². The first-order valence-electron chi connectivity index (χ1n) is 13.0. The molecule has 4 aliphatic rings. The number of rotatable bonds is 3. The van der Waals surface area contributed by atoms with Gasteiger partial charge in [-0.3, -0.25) is 9.58 Å². The van der Waals surface area contributed by atoms with Crippen LogP contribution in [0.4, 0.5) is 13.2 Å². The Morgan fingerprint density at radius 2 is 1.81 bits per heavy atom. The summed E-state index contributed by atoms with van der Waals surface area (Å²) < 4.78 is 62.8. The van der Waals surface area contributed by atoms with Crippen molar-refractivity contribution in [3.63, 3.8) is 0 Å². The molecule has 1 unspecified atom stereocenters.